The van der Waals surface area contributed by atoms with Crippen LogP contribution >= 0.6 is 11.6 Å². The first kappa shape index (κ1) is 19.9. The number of unbranched alkanes of at least 4 members (excludes halogenated alkanes) is 1. The number of barbiturate groups is 1. The van der Waals surface area contributed by atoms with Crippen LogP contribution in [0.1, 0.15) is 31.7 Å². The van der Waals surface area contributed by atoms with E-state index in [0.717, 1.165) is 21.8 Å². The number of nitrogens with zero attached hydrogens (tertiary/aromatic N) is 2. The first-order chi connectivity index (χ1) is 12.6. The number of alkyl halides is 1. The lowest BCUT2D eigenvalue weighted by molar-refractivity contribution is -0.135. The molecule has 138 valence electrons. The zero-order valence-corrected chi connectivity index (χ0v) is 15.6. The minimum Gasteiger partial charge on any atom is -0.268 e. The number of allylic oxidation sites excluding steroid dienone is 2. The van der Waals surface area contributed by atoms with Gasteiger partial charge in [-0.15, -0.1) is 11.6 Å². The Hall–Kier alpha value is -2.40. The molecule has 0 aliphatic carbocycles. The van der Waals surface area contributed by atoms with Crippen molar-refractivity contribution in [2.24, 2.45) is 0 Å². The van der Waals surface area contributed by atoms with Crippen LogP contribution in [0.2, 0.25) is 0 Å². The molecule has 1 aromatic carbocycles. The summed E-state index contributed by atoms with van der Waals surface area (Å²) in [6.07, 6.45) is 6.98. The van der Waals surface area contributed by atoms with E-state index in [1.54, 1.807) is 6.08 Å². The highest BCUT2D eigenvalue weighted by atomic mass is 35.5. The van der Waals surface area contributed by atoms with Crippen LogP contribution in [0.15, 0.2) is 48.1 Å². The second kappa shape index (κ2) is 9.92. The van der Waals surface area contributed by atoms with Gasteiger partial charge in [-0.1, -0.05) is 55.8 Å². The van der Waals surface area contributed by atoms with Gasteiger partial charge in [0, 0.05) is 19.0 Å². The van der Waals surface area contributed by atoms with Crippen molar-refractivity contribution in [1.29, 1.82) is 0 Å². The molecule has 0 radical (unpaired) electrons. The van der Waals surface area contributed by atoms with Gasteiger partial charge in [0.2, 0.25) is 0 Å². The summed E-state index contributed by atoms with van der Waals surface area (Å²) in [7, 11) is 0. The van der Waals surface area contributed by atoms with Gasteiger partial charge in [0.05, 0.1) is 0 Å². The van der Waals surface area contributed by atoms with Crippen LogP contribution < -0.4 is 0 Å². The summed E-state index contributed by atoms with van der Waals surface area (Å²) < 4.78 is 0. The standard InChI is InChI=1S/C20H23ClN2O3/c1-2-3-14-22-18(24)17(12-7-11-16-9-5-4-6-10-16)19(25)23(20(22)26)15-8-13-21/h4-7,9-12H,2-3,8,13-15H2,1H3/b11-7-,17-12-. The number of imide groups is 2. The van der Waals surface area contributed by atoms with Crippen molar-refractivity contribution in [3.8, 4) is 0 Å². The molecule has 5 nitrogen and oxygen atoms in total. The summed E-state index contributed by atoms with van der Waals surface area (Å²) in [5, 5.41) is 0. The third-order valence-corrected chi connectivity index (χ3v) is 4.28. The maximum atomic E-state index is 12.6. The van der Waals surface area contributed by atoms with Gasteiger partial charge in [-0.3, -0.25) is 19.4 Å². The van der Waals surface area contributed by atoms with Crippen LogP contribution in [0, 0.1) is 0 Å². The van der Waals surface area contributed by atoms with Gasteiger partial charge in [0.25, 0.3) is 11.8 Å². The second-order valence-corrected chi connectivity index (χ2v) is 6.32. The molecule has 0 spiro atoms. The highest BCUT2D eigenvalue weighted by Gasteiger charge is 2.40. The van der Waals surface area contributed by atoms with E-state index in [0.29, 0.717) is 25.3 Å². The Morgan fingerprint density at radius 3 is 2.15 bits per heavy atom. The monoisotopic (exact) mass is 374 g/mol. The number of rotatable bonds is 8. The zero-order chi connectivity index (χ0) is 18.9. The number of carbonyl (C=O) groups is 3. The molecule has 1 aromatic rings. The van der Waals surface area contributed by atoms with E-state index in [1.165, 1.54) is 6.08 Å². The number of halogens is 1. The summed E-state index contributed by atoms with van der Waals surface area (Å²) in [4.78, 5) is 40.1. The van der Waals surface area contributed by atoms with E-state index in [-0.39, 0.29) is 12.1 Å². The van der Waals surface area contributed by atoms with Crippen molar-refractivity contribution in [3.63, 3.8) is 0 Å². The Kier molecular flexibility index (Phi) is 7.60. The molecule has 6 heteroatoms. The van der Waals surface area contributed by atoms with Gasteiger partial charge in [0.15, 0.2) is 0 Å². The largest absolute Gasteiger partial charge is 0.333 e. The summed E-state index contributed by atoms with van der Waals surface area (Å²) in [5.74, 6) is -0.753. The lowest BCUT2D eigenvalue weighted by Gasteiger charge is -2.33. The Labute approximate surface area is 158 Å². The lowest BCUT2D eigenvalue weighted by Crippen LogP contribution is -2.56. The SMILES string of the molecule is CCCCN1C(=O)/C(=C/C=C\c2ccccc2)C(=O)N(CCCCl)C1=O. The lowest BCUT2D eigenvalue weighted by atomic mass is 10.1. The van der Waals surface area contributed by atoms with Gasteiger partial charge < -0.3 is 0 Å². The summed E-state index contributed by atoms with van der Waals surface area (Å²) in [6.45, 7) is 2.49. The van der Waals surface area contributed by atoms with Crippen LogP contribution in [0.4, 0.5) is 4.79 Å². The minimum atomic E-state index is -0.560. The molecule has 1 saturated heterocycles. The molecule has 1 fully saturated rings. The average Bonchev–Trinajstić information content (AvgIpc) is 2.65. The zero-order valence-electron chi connectivity index (χ0n) is 14.9. The van der Waals surface area contributed by atoms with Gasteiger partial charge in [-0.05, 0) is 24.5 Å². The first-order valence-electron chi connectivity index (χ1n) is 8.77. The number of hydrogen-bond acceptors (Lipinski definition) is 3. The fourth-order valence-electron chi connectivity index (χ4n) is 2.59. The third kappa shape index (κ3) is 4.82. The normalized spacial score (nSPS) is 17.0. The topological polar surface area (TPSA) is 57.7 Å². The van der Waals surface area contributed by atoms with Gasteiger partial charge in [-0.25, -0.2) is 4.79 Å². The molecule has 1 aliphatic rings. The number of amides is 4. The fraction of sp³-hybridized carbons (Fsp3) is 0.350. The van der Waals surface area contributed by atoms with E-state index < -0.39 is 17.8 Å². The van der Waals surface area contributed by atoms with Crippen molar-refractivity contribution in [3.05, 3.63) is 53.6 Å². The minimum absolute atomic E-state index is 0.00227. The van der Waals surface area contributed by atoms with Crippen molar-refractivity contribution in [2.45, 2.75) is 26.2 Å². The molecule has 0 unspecified atom stereocenters. The molecule has 0 aromatic heterocycles. The number of hydrogen-bond donors (Lipinski definition) is 0. The van der Waals surface area contributed by atoms with E-state index in [4.69, 9.17) is 11.6 Å². The van der Waals surface area contributed by atoms with Gasteiger partial charge in [0.1, 0.15) is 5.57 Å². The van der Waals surface area contributed by atoms with Gasteiger partial charge in [-0.2, -0.15) is 0 Å². The predicted molar refractivity (Wildman–Crippen MR) is 103 cm³/mol. The van der Waals surface area contributed by atoms with E-state index in [2.05, 4.69) is 0 Å². The first-order valence-corrected chi connectivity index (χ1v) is 9.30. The number of carbonyl (C=O) groups excluding carboxylic acids is 3. The Morgan fingerprint density at radius 2 is 1.58 bits per heavy atom. The molecule has 0 bridgehead atoms. The van der Waals surface area contributed by atoms with Crippen molar-refractivity contribution in [2.75, 3.05) is 19.0 Å². The van der Waals surface area contributed by atoms with Crippen LogP contribution in [-0.4, -0.2) is 46.6 Å². The smallest absolute Gasteiger partial charge is 0.268 e. The molecule has 0 atom stereocenters. The van der Waals surface area contributed by atoms with E-state index >= 15 is 0 Å². The predicted octanol–water partition coefficient (Wildman–Crippen LogP) is 3.85. The average molecular weight is 375 g/mol. The molecule has 1 aliphatic heterocycles. The Balaban J connectivity index is 2.27. The molecule has 26 heavy (non-hydrogen) atoms. The quantitative estimate of drug-likeness (QED) is 0.394. The summed E-state index contributed by atoms with van der Waals surface area (Å²) >= 11 is 5.70. The van der Waals surface area contributed by atoms with Crippen molar-refractivity contribution >= 4 is 35.5 Å². The molecular formula is C20H23ClN2O3. The second-order valence-electron chi connectivity index (χ2n) is 5.94. The van der Waals surface area contributed by atoms with Crippen LogP contribution in [0.25, 0.3) is 6.08 Å². The molecule has 0 N–H and O–H groups in total. The van der Waals surface area contributed by atoms with Crippen LogP contribution in [0.5, 0.6) is 0 Å². The van der Waals surface area contributed by atoms with Crippen molar-refractivity contribution < 1.29 is 14.4 Å². The molecule has 1 heterocycles. The highest BCUT2D eigenvalue weighted by molar-refractivity contribution is 6.28. The Bertz CT molecular complexity index is 681. The molecule has 2 rings (SSSR count). The summed E-state index contributed by atoms with van der Waals surface area (Å²) in [5.41, 5.74) is 0.959. The molecule has 0 saturated carbocycles. The van der Waals surface area contributed by atoms with E-state index in [1.807, 2.05) is 43.3 Å². The third-order valence-electron chi connectivity index (χ3n) is 4.01. The fourth-order valence-corrected chi connectivity index (χ4v) is 2.71. The van der Waals surface area contributed by atoms with Crippen LogP contribution in [0.3, 0.4) is 0 Å². The maximum absolute atomic E-state index is 12.6. The highest BCUT2D eigenvalue weighted by Crippen LogP contribution is 2.19. The number of urea groups is 1. The molecule has 4 amide bonds. The number of benzene rings is 1. The maximum Gasteiger partial charge on any atom is 0.333 e. The van der Waals surface area contributed by atoms with Crippen molar-refractivity contribution in [1.82, 2.24) is 9.80 Å². The molecular weight excluding hydrogens is 352 g/mol. The van der Waals surface area contributed by atoms with E-state index in [9.17, 15) is 14.4 Å². The summed E-state index contributed by atoms with van der Waals surface area (Å²) in [6, 6.07) is 9.01. The van der Waals surface area contributed by atoms with Gasteiger partial charge >= 0.3 is 6.03 Å². The van der Waals surface area contributed by atoms with Crippen LogP contribution in [-0.2, 0) is 9.59 Å². The Morgan fingerprint density at radius 1 is 0.962 bits per heavy atom.